The van der Waals surface area contributed by atoms with E-state index in [-0.39, 0.29) is 35.8 Å². The summed E-state index contributed by atoms with van der Waals surface area (Å²) in [6.45, 7) is 1.49. The van der Waals surface area contributed by atoms with Gasteiger partial charge < -0.3 is 16.0 Å². The summed E-state index contributed by atoms with van der Waals surface area (Å²) in [5.74, 6) is 0.981. The minimum Gasteiger partial charge on any atom is -0.356 e. The van der Waals surface area contributed by atoms with E-state index in [9.17, 15) is 4.79 Å². The Morgan fingerprint density at radius 1 is 1.12 bits per heavy atom. The number of rotatable bonds is 5. The third-order valence-electron chi connectivity index (χ3n) is 4.39. The van der Waals surface area contributed by atoms with Crippen LogP contribution in [0, 0.1) is 0 Å². The molecule has 0 fully saturated rings. The Bertz CT molecular complexity index is 748. The minimum absolute atomic E-state index is 0. The van der Waals surface area contributed by atoms with E-state index in [4.69, 9.17) is 0 Å². The molecule has 0 bridgehead atoms. The number of benzene rings is 2. The Hall–Kier alpha value is -2.09. The van der Waals surface area contributed by atoms with E-state index in [1.807, 2.05) is 36.4 Å². The van der Waals surface area contributed by atoms with Gasteiger partial charge in [0.25, 0.3) is 0 Å². The van der Waals surface area contributed by atoms with E-state index in [2.05, 4.69) is 39.1 Å². The number of nitrogens with one attached hydrogen (secondary N) is 3. The van der Waals surface area contributed by atoms with Crippen molar-refractivity contribution >= 4 is 41.5 Å². The van der Waals surface area contributed by atoms with Crippen molar-refractivity contribution in [1.82, 2.24) is 10.6 Å². The fourth-order valence-electron chi connectivity index (χ4n) is 3.09. The predicted octanol–water partition coefficient (Wildman–Crippen LogP) is 3.14. The second-order valence-electron chi connectivity index (χ2n) is 6.15. The van der Waals surface area contributed by atoms with Crippen molar-refractivity contribution in [3.05, 3.63) is 65.7 Å². The van der Waals surface area contributed by atoms with E-state index in [0.29, 0.717) is 13.0 Å². The number of amides is 1. The zero-order valence-corrected chi connectivity index (χ0v) is 17.2. The molecule has 0 aromatic heterocycles. The van der Waals surface area contributed by atoms with Crippen LogP contribution in [0.4, 0.5) is 5.69 Å². The molecule has 1 aliphatic rings. The van der Waals surface area contributed by atoms with Gasteiger partial charge in [-0.15, -0.1) is 24.0 Å². The van der Waals surface area contributed by atoms with Gasteiger partial charge in [-0.25, -0.2) is 0 Å². The number of para-hydroxylation sites is 1. The number of anilines is 1. The zero-order valence-electron chi connectivity index (χ0n) is 14.9. The number of halogens is 1. The Labute approximate surface area is 171 Å². The first-order valence-electron chi connectivity index (χ1n) is 8.63. The largest absolute Gasteiger partial charge is 0.356 e. The summed E-state index contributed by atoms with van der Waals surface area (Å²) in [7, 11) is 1.76. The Morgan fingerprint density at radius 3 is 2.62 bits per heavy atom. The van der Waals surface area contributed by atoms with Gasteiger partial charge in [-0.3, -0.25) is 9.79 Å². The first kappa shape index (κ1) is 20.2. The molecule has 0 aliphatic carbocycles. The Morgan fingerprint density at radius 2 is 1.85 bits per heavy atom. The van der Waals surface area contributed by atoms with Crippen LogP contribution in [0.3, 0.4) is 0 Å². The molecular formula is C20H25IN4O. The molecule has 1 atom stereocenters. The standard InChI is InChI=1S/C20H24N4O.HI/c1-21-20(22-12-11-15-7-3-2-4-8-15)23-14-16-13-19(25)24-18-10-6-5-9-17(16)18;/h2-10,16H,11-14H2,1H3,(H,24,25)(H2,21,22,23);1H. The number of carbonyl (C=O) groups is 1. The fraction of sp³-hybridized carbons (Fsp3) is 0.300. The quantitative estimate of drug-likeness (QED) is 0.362. The molecule has 1 amide bonds. The number of nitrogens with zero attached hydrogens (tertiary/aromatic N) is 1. The van der Waals surface area contributed by atoms with E-state index >= 15 is 0 Å². The summed E-state index contributed by atoms with van der Waals surface area (Å²) in [4.78, 5) is 16.2. The average molecular weight is 464 g/mol. The highest BCUT2D eigenvalue weighted by Crippen LogP contribution is 2.31. The van der Waals surface area contributed by atoms with E-state index in [1.165, 1.54) is 11.1 Å². The molecule has 1 heterocycles. The molecule has 0 saturated heterocycles. The number of hydrogen-bond donors (Lipinski definition) is 3. The smallest absolute Gasteiger partial charge is 0.225 e. The summed E-state index contributed by atoms with van der Waals surface area (Å²) >= 11 is 0. The van der Waals surface area contributed by atoms with Crippen LogP contribution < -0.4 is 16.0 Å². The first-order chi connectivity index (χ1) is 12.3. The van der Waals surface area contributed by atoms with Crippen LogP contribution in [0.1, 0.15) is 23.5 Å². The topological polar surface area (TPSA) is 65.5 Å². The molecule has 6 heteroatoms. The van der Waals surface area contributed by atoms with Crippen LogP contribution in [-0.4, -0.2) is 32.0 Å². The number of aliphatic imine (C=N–C) groups is 1. The lowest BCUT2D eigenvalue weighted by atomic mass is 9.90. The van der Waals surface area contributed by atoms with Crippen molar-refractivity contribution in [2.45, 2.75) is 18.8 Å². The molecule has 3 N–H and O–H groups in total. The molecule has 2 aromatic rings. The monoisotopic (exact) mass is 464 g/mol. The van der Waals surface area contributed by atoms with Crippen LogP contribution >= 0.6 is 24.0 Å². The molecule has 0 spiro atoms. The minimum atomic E-state index is 0. The van der Waals surface area contributed by atoms with Crippen LogP contribution in [0.25, 0.3) is 0 Å². The van der Waals surface area contributed by atoms with E-state index in [0.717, 1.165) is 24.6 Å². The molecule has 2 aromatic carbocycles. The van der Waals surface area contributed by atoms with Gasteiger partial charge in [0, 0.05) is 38.2 Å². The second-order valence-corrected chi connectivity index (χ2v) is 6.15. The summed E-state index contributed by atoms with van der Waals surface area (Å²) in [5.41, 5.74) is 3.38. The van der Waals surface area contributed by atoms with Crippen LogP contribution in [0.15, 0.2) is 59.6 Å². The van der Waals surface area contributed by atoms with Crippen LogP contribution in [-0.2, 0) is 11.2 Å². The normalized spacial score (nSPS) is 16.1. The number of fused-ring (bicyclic) bond motifs is 1. The van der Waals surface area contributed by atoms with Gasteiger partial charge in [0.2, 0.25) is 5.91 Å². The highest BCUT2D eigenvalue weighted by molar-refractivity contribution is 14.0. The molecule has 0 radical (unpaired) electrons. The zero-order chi connectivity index (χ0) is 17.5. The molecule has 26 heavy (non-hydrogen) atoms. The molecule has 5 nitrogen and oxygen atoms in total. The molecule has 1 aliphatic heterocycles. The van der Waals surface area contributed by atoms with Gasteiger partial charge in [0.15, 0.2) is 5.96 Å². The molecule has 0 saturated carbocycles. The van der Waals surface area contributed by atoms with Crippen molar-refractivity contribution in [2.24, 2.45) is 4.99 Å². The second kappa shape index (κ2) is 10.2. The molecular weight excluding hydrogens is 439 g/mol. The maximum Gasteiger partial charge on any atom is 0.225 e. The number of hydrogen-bond acceptors (Lipinski definition) is 2. The molecule has 1 unspecified atom stereocenters. The predicted molar refractivity (Wildman–Crippen MR) is 117 cm³/mol. The van der Waals surface area contributed by atoms with Crippen molar-refractivity contribution < 1.29 is 4.79 Å². The SMILES string of the molecule is CN=C(NCCc1ccccc1)NCC1CC(=O)Nc2ccccc21.I. The third-order valence-corrected chi connectivity index (χ3v) is 4.39. The maximum absolute atomic E-state index is 11.9. The van der Waals surface area contributed by atoms with Crippen molar-refractivity contribution in [2.75, 3.05) is 25.5 Å². The van der Waals surface area contributed by atoms with Gasteiger partial charge in [0.05, 0.1) is 0 Å². The highest BCUT2D eigenvalue weighted by Gasteiger charge is 2.24. The van der Waals surface area contributed by atoms with Crippen molar-refractivity contribution in [1.29, 1.82) is 0 Å². The summed E-state index contributed by atoms with van der Waals surface area (Å²) in [5, 5.41) is 9.61. The number of guanidine groups is 1. The highest BCUT2D eigenvalue weighted by atomic mass is 127. The first-order valence-corrected chi connectivity index (χ1v) is 8.63. The van der Waals surface area contributed by atoms with Crippen molar-refractivity contribution in [3.8, 4) is 0 Å². The van der Waals surface area contributed by atoms with Gasteiger partial charge >= 0.3 is 0 Å². The summed E-state index contributed by atoms with van der Waals surface area (Å²) in [6, 6.07) is 18.3. The van der Waals surface area contributed by atoms with E-state index < -0.39 is 0 Å². The van der Waals surface area contributed by atoms with Gasteiger partial charge in [-0.2, -0.15) is 0 Å². The summed E-state index contributed by atoms with van der Waals surface area (Å²) < 4.78 is 0. The lowest BCUT2D eigenvalue weighted by molar-refractivity contribution is -0.116. The third kappa shape index (κ3) is 5.45. The van der Waals surface area contributed by atoms with Gasteiger partial charge in [-0.05, 0) is 23.6 Å². The lowest BCUT2D eigenvalue weighted by Gasteiger charge is -2.26. The average Bonchev–Trinajstić information content (AvgIpc) is 2.65. The van der Waals surface area contributed by atoms with E-state index in [1.54, 1.807) is 7.05 Å². The Kier molecular flexibility index (Phi) is 7.90. The van der Waals surface area contributed by atoms with Gasteiger partial charge in [0.1, 0.15) is 0 Å². The lowest BCUT2D eigenvalue weighted by Crippen LogP contribution is -2.41. The summed E-state index contributed by atoms with van der Waals surface area (Å²) in [6.07, 6.45) is 1.43. The number of carbonyl (C=O) groups excluding carboxylic acids is 1. The van der Waals surface area contributed by atoms with Crippen LogP contribution in [0.5, 0.6) is 0 Å². The van der Waals surface area contributed by atoms with Gasteiger partial charge in [-0.1, -0.05) is 48.5 Å². The van der Waals surface area contributed by atoms with Crippen LogP contribution in [0.2, 0.25) is 0 Å². The Balaban J connectivity index is 0.00000243. The fourth-order valence-corrected chi connectivity index (χ4v) is 3.09. The molecule has 3 rings (SSSR count). The van der Waals surface area contributed by atoms with Crippen molar-refractivity contribution in [3.63, 3.8) is 0 Å². The molecule has 138 valence electrons. The maximum atomic E-state index is 11.9.